The van der Waals surface area contributed by atoms with E-state index in [2.05, 4.69) is 68.4 Å². The molecular weight excluding hydrogens is 1460 g/mol. The van der Waals surface area contributed by atoms with Crippen LogP contribution in [0.5, 0.6) is 57.5 Å². The standard InChI is InChI=1S/C72H64O14.2W/c1-49-4-31-69-57(33-49)13-32-71(86-48-84-62-20-11-56(12-21-62)54-7-16-60(17-8-54)80-46-82-66-28-24-64(25-29-66)78-44-76-42-52-39-74-40-52)72(69)70-36-67(35-58-34-50(2)3-30-68(58)70)85-47-83-61-18-9-55(10-19-61)53-5-14-59(15-6-53)79-45-81-65-26-22-63(23-27-65)77-43-75-41-51-37-73-38-51;;/h3-36H,37-48H2,1-2H3;;/q-2;;. The van der Waals surface area contributed by atoms with E-state index in [0.717, 1.165) is 66.1 Å². The molecule has 2 aliphatic heterocycles. The zero-order valence-corrected chi connectivity index (χ0v) is 54.5. The number of ether oxygens (including phenoxy) is 14. The Balaban J connectivity index is 0.00000428. The number of rotatable bonds is 29. The molecule has 0 aromatic heterocycles. The zero-order valence-electron chi connectivity index (χ0n) is 48.6. The van der Waals surface area contributed by atoms with Crippen LogP contribution in [0.2, 0.25) is 0 Å². The van der Waals surface area contributed by atoms with Gasteiger partial charge in [0.15, 0.2) is 13.6 Å². The second-order valence-electron chi connectivity index (χ2n) is 20.7. The Hall–Kier alpha value is -8.06. The third-order valence-corrected chi connectivity index (χ3v) is 14.5. The summed E-state index contributed by atoms with van der Waals surface area (Å²) in [6.45, 7) is 8.42. The van der Waals surface area contributed by atoms with Gasteiger partial charge >= 0.3 is 0 Å². The van der Waals surface area contributed by atoms with Gasteiger partial charge in [-0.2, -0.15) is 0 Å². The Labute approximate surface area is 540 Å². The molecule has 16 heteroatoms. The molecule has 88 heavy (non-hydrogen) atoms. The van der Waals surface area contributed by atoms with E-state index in [0.29, 0.717) is 97.1 Å². The second-order valence-corrected chi connectivity index (χ2v) is 20.7. The Morgan fingerprint density at radius 1 is 0.307 bits per heavy atom. The van der Waals surface area contributed by atoms with Crippen LogP contribution in [0.25, 0.3) is 54.9 Å². The topological polar surface area (TPSA) is 129 Å². The Morgan fingerprint density at radius 2 is 0.636 bits per heavy atom. The number of fused-ring (bicyclic) bond motifs is 2. The molecule has 2 saturated heterocycles. The molecule has 0 amide bonds. The summed E-state index contributed by atoms with van der Waals surface area (Å²) < 4.78 is 81.3. The van der Waals surface area contributed by atoms with Gasteiger partial charge in [0.25, 0.3) is 0 Å². The van der Waals surface area contributed by atoms with Gasteiger partial charge in [0, 0.05) is 47.7 Å². The van der Waals surface area contributed by atoms with E-state index < -0.39 is 0 Å². The smallest absolute Gasteiger partial charge is 0.230 e. The molecule has 0 unspecified atom stereocenters. The molecule has 2 heterocycles. The van der Waals surface area contributed by atoms with Crippen molar-refractivity contribution in [2.75, 3.05) is 80.4 Å². The van der Waals surface area contributed by atoms with Crippen LogP contribution in [0, 0.1) is 25.7 Å². The van der Waals surface area contributed by atoms with E-state index in [1.54, 1.807) is 0 Å². The number of aryl methyl sites for hydroxylation is 2. The summed E-state index contributed by atoms with van der Waals surface area (Å²) in [6, 6.07) is 67.4. The fourth-order valence-corrected chi connectivity index (χ4v) is 9.73. The molecule has 12 rings (SSSR count). The van der Waals surface area contributed by atoms with Crippen LogP contribution in [-0.2, 0) is 61.1 Å². The van der Waals surface area contributed by atoms with Gasteiger partial charge in [-0.05, 0) is 178 Å². The molecule has 0 N–H and O–H groups in total. The predicted molar refractivity (Wildman–Crippen MR) is 329 cm³/mol. The van der Waals surface area contributed by atoms with Crippen LogP contribution in [0.4, 0.5) is 0 Å². The molecular formula is C72H64O14W2-2. The van der Waals surface area contributed by atoms with E-state index >= 15 is 0 Å². The first-order chi connectivity index (χ1) is 42.4. The van der Waals surface area contributed by atoms with Gasteiger partial charge in [-0.15, -0.1) is 0 Å². The third kappa shape index (κ3) is 17.0. The van der Waals surface area contributed by atoms with Crippen LogP contribution in [-0.4, -0.2) is 80.4 Å². The maximum atomic E-state index is 6.56. The normalized spacial score (nSPS) is 12.8. The SMILES string of the molecule is Cc1ccc2c(-c3c(OCOc4ccc(-c5ccc(OCOc6ccc(OCOC[C-]7COC7)cc6)cc5)cc4)ccc4cc(C)ccc34)cc(OCOc3ccc(-c4ccc(OCOc5ccc(OCOC[C-]6COC6)cc5)cc4)cc3)cc2c1.[W].[W]. The van der Waals surface area contributed by atoms with Crippen molar-refractivity contribution in [3.8, 4) is 90.9 Å². The summed E-state index contributed by atoms with van der Waals surface area (Å²) in [5.74, 6) is 9.25. The van der Waals surface area contributed by atoms with Crippen molar-refractivity contribution in [2.45, 2.75) is 13.8 Å². The van der Waals surface area contributed by atoms with Crippen molar-refractivity contribution >= 4 is 21.5 Å². The molecule has 0 aliphatic carbocycles. The quantitative estimate of drug-likeness (QED) is 0.0250. The Bertz CT molecular complexity index is 3800. The van der Waals surface area contributed by atoms with Crippen molar-refractivity contribution < 1.29 is 108 Å². The van der Waals surface area contributed by atoms with Gasteiger partial charge in [-0.25, -0.2) is 11.8 Å². The van der Waals surface area contributed by atoms with Gasteiger partial charge in [0.1, 0.15) is 57.5 Å². The van der Waals surface area contributed by atoms with Gasteiger partial charge in [-0.3, -0.25) is 0 Å². The largest absolute Gasteiger partial charge is 0.468 e. The van der Waals surface area contributed by atoms with Crippen LogP contribution < -0.4 is 47.4 Å². The minimum absolute atomic E-state index is 0. The Morgan fingerprint density at radius 3 is 1.01 bits per heavy atom. The maximum absolute atomic E-state index is 6.56. The summed E-state index contributed by atoms with van der Waals surface area (Å²) >= 11 is 0. The molecule has 0 atom stereocenters. The summed E-state index contributed by atoms with van der Waals surface area (Å²) in [6.07, 6.45) is 0. The maximum Gasteiger partial charge on any atom is 0.230 e. The Kier molecular flexibility index (Phi) is 22.3. The van der Waals surface area contributed by atoms with Crippen molar-refractivity contribution in [2.24, 2.45) is 0 Å². The molecule has 2 fully saturated rings. The molecule has 0 spiro atoms. The van der Waals surface area contributed by atoms with Crippen LogP contribution in [0.3, 0.4) is 0 Å². The second kappa shape index (κ2) is 31.2. The van der Waals surface area contributed by atoms with Crippen molar-refractivity contribution in [1.29, 1.82) is 0 Å². The van der Waals surface area contributed by atoms with Crippen LogP contribution >= 0.6 is 0 Å². The molecule has 450 valence electrons. The third-order valence-electron chi connectivity index (χ3n) is 14.5. The predicted octanol–water partition coefficient (Wildman–Crippen LogP) is 15.2. The summed E-state index contributed by atoms with van der Waals surface area (Å²) in [5.41, 5.74) is 8.31. The van der Waals surface area contributed by atoms with E-state index in [4.69, 9.17) is 66.3 Å². The number of hydrogen-bond acceptors (Lipinski definition) is 14. The summed E-state index contributed by atoms with van der Waals surface area (Å²) in [5, 5.41) is 4.23. The summed E-state index contributed by atoms with van der Waals surface area (Å²) in [4.78, 5) is 0. The first-order valence-electron chi connectivity index (χ1n) is 28.3. The average molecular weight is 1520 g/mol. The van der Waals surface area contributed by atoms with Gasteiger partial charge in [0.05, 0.1) is 0 Å². The van der Waals surface area contributed by atoms with Gasteiger partial charge < -0.3 is 66.3 Å². The van der Waals surface area contributed by atoms with E-state index in [1.165, 1.54) is 11.8 Å². The number of benzene rings is 10. The van der Waals surface area contributed by atoms with E-state index in [-0.39, 0.29) is 82.9 Å². The van der Waals surface area contributed by atoms with Crippen molar-refractivity contribution in [3.63, 3.8) is 0 Å². The molecule has 2 aliphatic rings. The fourth-order valence-electron chi connectivity index (χ4n) is 9.73. The minimum Gasteiger partial charge on any atom is -0.468 e. The molecule has 0 saturated carbocycles. The fraction of sp³-hybridized carbons (Fsp3) is 0.194. The van der Waals surface area contributed by atoms with Crippen molar-refractivity contribution in [3.05, 3.63) is 229 Å². The van der Waals surface area contributed by atoms with Crippen LogP contribution in [0.15, 0.2) is 206 Å². The first-order valence-corrected chi connectivity index (χ1v) is 28.3. The first kappa shape index (κ1) is 63.0. The zero-order chi connectivity index (χ0) is 58.3. The molecule has 14 nitrogen and oxygen atoms in total. The van der Waals surface area contributed by atoms with Crippen LogP contribution in [0.1, 0.15) is 11.1 Å². The molecule has 10 aromatic rings. The monoisotopic (exact) mass is 1520 g/mol. The molecule has 10 aromatic carbocycles. The van der Waals surface area contributed by atoms with E-state index in [9.17, 15) is 0 Å². The van der Waals surface area contributed by atoms with Crippen molar-refractivity contribution in [1.82, 2.24) is 0 Å². The summed E-state index contributed by atoms with van der Waals surface area (Å²) in [7, 11) is 0. The number of hydrogen-bond donors (Lipinski definition) is 0. The minimum atomic E-state index is -0.0160. The van der Waals surface area contributed by atoms with Gasteiger partial charge in [-0.1, -0.05) is 142 Å². The van der Waals surface area contributed by atoms with E-state index in [1.807, 2.05) is 152 Å². The molecule has 0 radical (unpaired) electrons. The van der Waals surface area contributed by atoms with Gasteiger partial charge in [0.2, 0.25) is 27.2 Å². The molecule has 0 bridgehead atoms. The average Bonchev–Trinajstić information content (AvgIpc) is 1.23.